The lowest BCUT2D eigenvalue weighted by atomic mass is 10.1. The van der Waals surface area contributed by atoms with Gasteiger partial charge in [0.1, 0.15) is 0 Å². The molecule has 0 radical (unpaired) electrons. The van der Waals surface area contributed by atoms with E-state index in [2.05, 4.69) is 27.4 Å². The normalized spacial score (nSPS) is 14.8. The van der Waals surface area contributed by atoms with E-state index < -0.39 is 29.0 Å². The summed E-state index contributed by atoms with van der Waals surface area (Å²) in [4.78, 5) is 10.2. The molecule has 0 heterocycles. The van der Waals surface area contributed by atoms with Crippen molar-refractivity contribution in [3.05, 3.63) is 12.2 Å². The number of hydrogen-bond acceptors (Lipinski definition) is 3. The molecule has 0 spiro atoms. The number of carboxylic acids is 1. The Kier molecular flexibility index (Phi) is 8.58. The fraction of sp³-hybridized carbons (Fsp3) is 0.833. The van der Waals surface area contributed by atoms with Crippen LogP contribution in [0.4, 0.5) is 0 Å². The molecule has 0 aliphatic carbocycles. The minimum Gasteiger partial charge on any atom is -0.478 e. The van der Waals surface area contributed by atoms with Crippen LogP contribution in [0.2, 0.25) is 16.1 Å². The predicted octanol–water partition coefficient (Wildman–Crippen LogP) is 5.05. The number of aliphatic carboxylic acids is 1. The van der Waals surface area contributed by atoms with E-state index in [0.717, 1.165) is 12.8 Å². The molecule has 1 unspecified atom stereocenters. The lowest BCUT2D eigenvalue weighted by molar-refractivity contribution is -0.132. The van der Waals surface area contributed by atoms with Gasteiger partial charge in [-0.1, -0.05) is 67.9 Å². The molecule has 1 atom stereocenters. The topological polar surface area (TPSA) is 91.7 Å². The van der Waals surface area contributed by atoms with Crippen molar-refractivity contribution < 1.29 is 22.9 Å². The highest BCUT2D eigenvalue weighted by Gasteiger charge is 2.59. The third kappa shape index (κ3) is 5.17. The van der Waals surface area contributed by atoms with Gasteiger partial charge < -0.3 is 5.11 Å². The van der Waals surface area contributed by atoms with Gasteiger partial charge in [0.25, 0.3) is 10.1 Å². The van der Waals surface area contributed by atoms with Gasteiger partial charge in [-0.15, -0.1) is 0 Å². The van der Waals surface area contributed by atoms with Crippen LogP contribution in [0.25, 0.3) is 0 Å². The third-order valence-electron chi connectivity index (χ3n) is 5.86. The predicted molar refractivity (Wildman–Crippen MR) is 106 cm³/mol. The van der Waals surface area contributed by atoms with Gasteiger partial charge in [-0.2, -0.15) is 8.42 Å². The van der Waals surface area contributed by atoms with Crippen molar-refractivity contribution in [1.29, 1.82) is 0 Å². The van der Waals surface area contributed by atoms with E-state index in [4.69, 9.17) is 5.11 Å². The quantitative estimate of drug-likeness (QED) is 0.291. The second-order valence-corrected chi connectivity index (χ2v) is 16.6. The highest BCUT2D eigenvalue weighted by atomic mass is 32.2. The first-order chi connectivity index (χ1) is 11.2. The number of rotatable bonds is 11. The third-order valence-corrected chi connectivity index (χ3v) is 16.6. The molecule has 0 amide bonds. The maximum absolute atomic E-state index is 12.4. The summed E-state index contributed by atoms with van der Waals surface area (Å²) in [6, 6.07) is 0. The SMILES string of the molecule is C=C(CCC([Si](C(C)C)(C(C)C)C(C)(C)CCC)S(=O)(=O)O)C(=O)O. The van der Waals surface area contributed by atoms with Crippen molar-refractivity contribution in [3.8, 4) is 0 Å². The van der Waals surface area contributed by atoms with Gasteiger partial charge >= 0.3 is 5.97 Å². The van der Waals surface area contributed by atoms with Gasteiger partial charge in [0.2, 0.25) is 0 Å². The Morgan fingerprint density at radius 1 is 1.16 bits per heavy atom. The summed E-state index contributed by atoms with van der Waals surface area (Å²) in [6.07, 6.45) is 1.98. The molecule has 0 saturated carbocycles. The zero-order chi connectivity index (χ0) is 20.2. The van der Waals surface area contributed by atoms with Crippen LogP contribution in [0.1, 0.15) is 74.1 Å². The van der Waals surface area contributed by atoms with Crippen LogP contribution in [0.3, 0.4) is 0 Å². The smallest absolute Gasteiger partial charge is 0.330 e. The second-order valence-electron chi connectivity index (χ2n) is 8.33. The van der Waals surface area contributed by atoms with Gasteiger partial charge in [0, 0.05) is 5.57 Å². The molecule has 5 nitrogen and oxygen atoms in total. The van der Waals surface area contributed by atoms with Crippen LogP contribution in [-0.4, -0.2) is 37.0 Å². The van der Waals surface area contributed by atoms with Crippen LogP contribution in [-0.2, 0) is 14.9 Å². The summed E-state index contributed by atoms with van der Waals surface area (Å²) in [5, 5.41) is 8.85. The average molecular weight is 393 g/mol. The monoisotopic (exact) mass is 392 g/mol. The van der Waals surface area contributed by atoms with Crippen LogP contribution < -0.4 is 0 Å². The number of hydrogen-bond donors (Lipinski definition) is 2. The molecular weight excluding hydrogens is 356 g/mol. The molecule has 148 valence electrons. The second kappa shape index (κ2) is 8.82. The summed E-state index contributed by atoms with van der Waals surface area (Å²) in [5.74, 6) is -1.12. The lowest BCUT2D eigenvalue weighted by Gasteiger charge is -2.54. The van der Waals surface area contributed by atoms with Crippen LogP contribution in [0, 0.1) is 0 Å². The van der Waals surface area contributed by atoms with E-state index >= 15 is 0 Å². The maximum atomic E-state index is 12.4. The van der Waals surface area contributed by atoms with Crippen LogP contribution in [0.15, 0.2) is 12.2 Å². The molecule has 0 aromatic carbocycles. The van der Waals surface area contributed by atoms with Crippen molar-refractivity contribution in [3.63, 3.8) is 0 Å². The molecule has 2 N–H and O–H groups in total. The van der Waals surface area contributed by atoms with E-state index in [0.29, 0.717) is 0 Å². The molecule has 7 heteroatoms. The Labute approximate surface area is 154 Å². The van der Waals surface area contributed by atoms with Crippen LogP contribution in [0.5, 0.6) is 0 Å². The van der Waals surface area contributed by atoms with Gasteiger partial charge in [-0.3, -0.25) is 4.55 Å². The van der Waals surface area contributed by atoms with Crippen molar-refractivity contribution in [2.75, 3.05) is 0 Å². The molecule has 0 aliphatic rings. The number of carboxylic acid groups (broad SMARTS) is 1. The van der Waals surface area contributed by atoms with Gasteiger partial charge in [-0.05, 0) is 29.0 Å². The fourth-order valence-corrected chi connectivity index (χ4v) is 18.4. The zero-order valence-electron chi connectivity index (χ0n) is 16.8. The lowest BCUT2D eigenvalue weighted by Crippen LogP contribution is -2.62. The minimum absolute atomic E-state index is 0.0163. The number of carbonyl (C=O) groups is 1. The largest absolute Gasteiger partial charge is 0.478 e. The summed E-state index contributed by atoms with van der Waals surface area (Å²) in [5.41, 5.74) is 0.232. The van der Waals surface area contributed by atoms with Crippen molar-refractivity contribution >= 4 is 24.2 Å². The van der Waals surface area contributed by atoms with Crippen molar-refractivity contribution in [1.82, 2.24) is 0 Å². The Balaban J connectivity index is 6.38. The fourth-order valence-electron chi connectivity index (χ4n) is 5.30. The first-order valence-corrected chi connectivity index (χ1v) is 12.8. The van der Waals surface area contributed by atoms with E-state index in [1.165, 1.54) is 0 Å². The zero-order valence-corrected chi connectivity index (χ0v) is 18.6. The molecule has 0 bridgehead atoms. The molecule has 25 heavy (non-hydrogen) atoms. The molecule has 0 aromatic rings. The van der Waals surface area contributed by atoms with Crippen LogP contribution >= 0.6 is 0 Å². The Morgan fingerprint density at radius 2 is 1.60 bits per heavy atom. The Morgan fingerprint density at radius 3 is 1.88 bits per heavy atom. The molecular formula is C18H36O5SSi. The van der Waals surface area contributed by atoms with Crippen molar-refractivity contribution in [2.24, 2.45) is 0 Å². The standard InChI is InChI=1S/C18H36O5SSi/c1-9-12-18(7,8)25(13(2)3,14(4)5)16(24(21,22)23)11-10-15(6)17(19)20/h13-14,16H,6,9-12H2,1-5,7-8H3,(H,19,20)(H,21,22,23). The molecule has 0 saturated heterocycles. The van der Waals surface area contributed by atoms with E-state index in [-0.39, 0.29) is 34.5 Å². The van der Waals surface area contributed by atoms with Gasteiger partial charge in [-0.25, -0.2) is 4.79 Å². The molecule has 0 aromatic heterocycles. The first-order valence-electron chi connectivity index (χ1n) is 9.03. The summed E-state index contributed by atoms with van der Waals surface area (Å²) in [7, 11) is -6.95. The average Bonchev–Trinajstić information content (AvgIpc) is 2.39. The summed E-state index contributed by atoms with van der Waals surface area (Å²) in [6.45, 7) is 18.0. The molecule has 0 rings (SSSR count). The molecule has 0 aliphatic heterocycles. The van der Waals surface area contributed by atoms with E-state index in [1.54, 1.807) is 0 Å². The van der Waals surface area contributed by atoms with E-state index in [9.17, 15) is 17.8 Å². The van der Waals surface area contributed by atoms with E-state index in [1.807, 2.05) is 27.7 Å². The minimum atomic E-state index is -4.31. The van der Waals surface area contributed by atoms with Gasteiger partial charge in [0.15, 0.2) is 0 Å². The highest BCUT2D eigenvalue weighted by Crippen LogP contribution is 2.56. The first kappa shape index (κ1) is 24.3. The Bertz CT molecular complexity index is 570. The highest BCUT2D eigenvalue weighted by molar-refractivity contribution is 7.88. The Hall–Kier alpha value is -0.663. The van der Waals surface area contributed by atoms with Crippen molar-refractivity contribution in [2.45, 2.75) is 95.1 Å². The van der Waals surface area contributed by atoms with Gasteiger partial charge in [0.05, 0.1) is 12.9 Å². The maximum Gasteiger partial charge on any atom is 0.330 e. The molecule has 0 fully saturated rings. The summed E-state index contributed by atoms with van der Waals surface area (Å²) >= 11 is 0. The summed E-state index contributed by atoms with van der Waals surface area (Å²) < 4.78 is 35.0.